The largest absolute Gasteiger partial charge is 0.358 e. The van der Waals surface area contributed by atoms with E-state index in [2.05, 4.69) is 33.9 Å². The SMILES string of the molecule is CN(C)S(=O)(=O)n1c([Si](C)(C)C(C)(C)C)nc2c1CCn1c(=O)n(-c3ccccc3)c(=O)n1-2. The van der Waals surface area contributed by atoms with Crippen molar-refractivity contribution in [2.45, 2.75) is 51.9 Å². The van der Waals surface area contributed by atoms with Crippen molar-refractivity contribution in [1.29, 1.82) is 0 Å². The average molecular weight is 491 g/mol. The third-order valence-electron chi connectivity index (χ3n) is 6.84. The van der Waals surface area contributed by atoms with Gasteiger partial charge in [0.2, 0.25) is 0 Å². The van der Waals surface area contributed by atoms with E-state index in [1.165, 1.54) is 27.4 Å². The van der Waals surface area contributed by atoms with Gasteiger partial charge >= 0.3 is 21.6 Å². The van der Waals surface area contributed by atoms with Gasteiger partial charge in [-0.3, -0.25) is 0 Å². The number of aromatic nitrogens is 5. The lowest BCUT2D eigenvalue weighted by Crippen LogP contribution is -2.56. The molecule has 0 saturated heterocycles. The molecule has 12 heteroatoms. The maximum absolute atomic E-state index is 13.5. The number of fused-ring (bicyclic) bond motifs is 3. The molecule has 2 aromatic heterocycles. The quantitative estimate of drug-likeness (QED) is 0.506. The minimum Gasteiger partial charge on any atom is -0.245 e. The molecule has 0 bridgehead atoms. The van der Waals surface area contributed by atoms with Gasteiger partial charge in [-0.2, -0.15) is 17.4 Å². The zero-order chi connectivity index (χ0) is 24.5. The summed E-state index contributed by atoms with van der Waals surface area (Å²) in [5.41, 5.74) is 0.301. The Labute approximate surface area is 193 Å². The first-order valence-corrected chi connectivity index (χ1v) is 15.2. The molecule has 33 heavy (non-hydrogen) atoms. The molecule has 0 N–H and O–H groups in total. The predicted molar refractivity (Wildman–Crippen MR) is 130 cm³/mol. The molecule has 0 aliphatic carbocycles. The minimum atomic E-state index is -3.91. The van der Waals surface area contributed by atoms with Gasteiger partial charge in [0.25, 0.3) is 0 Å². The highest BCUT2D eigenvalue weighted by atomic mass is 32.2. The molecule has 0 unspecified atom stereocenters. The zero-order valence-electron chi connectivity index (χ0n) is 20.0. The summed E-state index contributed by atoms with van der Waals surface area (Å²) in [6.07, 6.45) is 0.266. The lowest BCUT2D eigenvalue weighted by Gasteiger charge is -2.36. The van der Waals surface area contributed by atoms with Crippen LogP contribution >= 0.6 is 0 Å². The van der Waals surface area contributed by atoms with Gasteiger partial charge in [0.1, 0.15) is 13.5 Å². The summed E-state index contributed by atoms with van der Waals surface area (Å²) < 4.78 is 33.1. The van der Waals surface area contributed by atoms with Crippen molar-refractivity contribution in [1.82, 2.24) is 27.2 Å². The Kier molecular flexibility index (Phi) is 5.26. The van der Waals surface area contributed by atoms with Crippen LogP contribution in [-0.4, -0.2) is 57.8 Å². The van der Waals surface area contributed by atoms with Gasteiger partial charge in [-0.25, -0.2) is 27.8 Å². The molecule has 1 aliphatic heterocycles. The topological polar surface area (TPSA) is 104 Å². The highest BCUT2D eigenvalue weighted by molar-refractivity contribution is 7.87. The van der Waals surface area contributed by atoms with Gasteiger partial charge in [0.05, 0.1) is 17.9 Å². The molecule has 0 saturated carbocycles. The van der Waals surface area contributed by atoms with E-state index < -0.39 is 29.7 Å². The van der Waals surface area contributed by atoms with Crippen molar-refractivity contribution < 1.29 is 8.42 Å². The number of hydrogen-bond acceptors (Lipinski definition) is 5. The number of benzene rings is 1. The molecular weight excluding hydrogens is 460 g/mol. The Hall–Kier alpha value is -2.70. The van der Waals surface area contributed by atoms with Crippen molar-refractivity contribution in [3.8, 4) is 11.5 Å². The van der Waals surface area contributed by atoms with E-state index in [0.29, 0.717) is 16.8 Å². The molecular formula is C21H30N6O4SSi. The fourth-order valence-electron chi connectivity index (χ4n) is 3.84. The molecule has 0 spiro atoms. The van der Waals surface area contributed by atoms with Crippen molar-refractivity contribution in [2.24, 2.45) is 0 Å². The molecule has 0 amide bonds. The van der Waals surface area contributed by atoms with Gasteiger partial charge in [0.15, 0.2) is 5.82 Å². The third-order valence-corrected chi connectivity index (χ3v) is 14.0. The smallest absolute Gasteiger partial charge is 0.245 e. The molecule has 10 nitrogen and oxygen atoms in total. The second-order valence-corrected chi connectivity index (χ2v) is 17.2. The molecule has 1 aliphatic rings. The Bertz CT molecular complexity index is 1450. The molecule has 0 fully saturated rings. The van der Waals surface area contributed by atoms with Crippen LogP contribution in [0.1, 0.15) is 26.5 Å². The second-order valence-electron chi connectivity index (χ2n) is 10.1. The van der Waals surface area contributed by atoms with Gasteiger partial charge in [0, 0.05) is 20.5 Å². The van der Waals surface area contributed by atoms with E-state index in [1.807, 2.05) is 0 Å². The highest BCUT2D eigenvalue weighted by Gasteiger charge is 2.46. The van der Waals surface area contributed by atoms with Crippen LogP contribution in [0.15, 0.2) is 39.9 Å². The van der Waals surface area contributed by atoms with Crippen LogP contribution in [0.3, 0.4) is 0 Å². The van der Waals surface area contributed by atoms with Gasteiger partial charge < -0.3 is 0 Å². The van der Waals surface area contributed by atoms with Crippen LogP contribution in [0.2, 0.25) is 18.1 Å². The van der Waals surface area contributed by atoms with Crippen molar-refractivity contribution in [3.05, 3.63) is 57.0 Å². The maximum atomic E-state index is 13.5. The number of hydrogen-bond donors (Lipinski definition) is 0. The van der Waals surface area contributed by atoms with Crippen LogP contribution in [-0.2, 0) is 23.2 Å². The Morgan fingerprint density at radius 1 is 1.03 bits per heavy atom. The van der Waals surface area contributed by atoms with E-state index in [0.717, 1.165) is 8.87 Å². The molecule has 1 aromatic carbocycles. The van der Waals surface area contributed by atoms with Crippen molar-refractivity contribution >= 4 is 23.7 Å². The lowest BCUT2D eigenvalue weighted by atomic mass is 10.2. The molecule has 0 radical (unpaired) electrons. The standard InChI is InChI=1S/C21H30N6O4SSi/c1-21(2,3)33(6,7)18-22-17-16(27(18)32(30,31)23(4)5)13-14-24-19(28)25(20(29)26(17)24)15-11-9-8-10-12-15/h8-12H,13-14H2,1-7H3. The minimum absolute atomic E-state index is 0.173. The van der Waals surface area contributed by atoms with Crippen molar-refractivity contribution in [2.75, 3.05) is 14.1 Å². The van der Waals surface area contributed by atoms with Crippen LogP contribution in [0.4, 0.5) is 0 Å². The zero-order valence-corrected chi connectivity index (χ0v) is 21.8. The summed E-state index contributed by atoms with van der Waals surface area (Å²) >= 11 is 0. The molecule has 0 atom stereocenters. The van der Waals surface area contributed by atoms with Crippen LogP contribution in [0.5, 0.6) is 0 Å². The highest BCUT2D eigenvalue weighted by Crippen LogP contribution is 2.36. The first kappa shape index (κ1) is 23.5. The van der Waals surface area contributed by atoms with Crippen LogP contribution in [0.25, 0.3) is 11.5 Å². The lowest BCUT2D eigenvalue weighted by molar-refractivity contribution is 0.480. The summed E-state index contributed by atoms with van der Waals surface area (Å²) in [4.78, 5) is 31.4. The van der Waals surface area contributed by atoms with Crippen LogP contribution in [0, 0.1) is 0 Å². The third kappa shape index (κ3) is 3.30. The molecule has 4 rings (SSSR count). The Morgan fingerprint density at radius 3 is 2.18 bits per heavy atom. The number of nitrogens with zero attached hydrogens (tertiary/aromatic N) is 6. The van der Waals surface area contributed by atoms with E-state index in [1.54, 1.807) is 30.3 Å². The molecule has 3 aromatic rings. The molecule has 178 valence electrons. The van der Waals surface area contributed by atoms with Crippen molar-refractivity contribution in [3.63, 3.8) is 0 Å². The normalized spacial score (nSPS) is 14.4. The number of imidazole rings is 1. The first-order valence-electron chi connectivity index (χ1n) is 10.8. The second kappa shape index (κ2) is 7.40. The summed E-state index contributed by atoms with van der Waals surface area (Å²) in [5, 5.41) is -0.207. The fraction of sp³-hybridized carbons (Fsp3) is 0.476. The number of rotatable bonds is 4. The fourth-order valence-corrected chi connectivity index (χ4v) is 7.61. The summed E-state index contributed by atoms with van der Waals surface area (Å²) in [6.45, 7) is 10.6. The monoisotopic (exact) mass is 490 g/mol. The Balaban J connectivity index is 2.10. The van der Waals surface area contributed by atoms with Gasteiger partial charge in [-0.1, -0.05) is 52.1 Å². The van der Waals surface area contributed by atoms with Gasteiger partial charge in [-0.05, 0) is 17.2 Å². The number of para-hydroxylation sites is 1. The summed E-state index contributed by atoms with van der Waals surface area (Å²) in [6, 6.07) is 8.68. The first-order chi connectivity index (χ1) is 15.2. The summed E-state index contributed by atoms with van der Waals surface area (Å²) in [5.74, 6) is 0.211. The van der Waals surface area contributed by atoms with E-state index in [9.17, 15) is 18.0 Å². The van der Waals surface area contributed by atoms with E-state index in [4.69, 9.17) is 4.98 Å². The predicted octanol–water partition coefficient (Wildman–Crippen LogP) is 0.913. The summed E-state index contributed by atoms with van der Waals surface area (Å²) in [7, 11) is -3.42. The average Bonchev–Trinajstić information content (AvgIpc) is 3.24. The molecule has 3 heterocycles. The van der Waals surface area contributed by atoms with E-state index in [-0.39, 0.29) is 23.8 Å². The van der Waals surface area contributed by atoms with E-state index >= 15 is 0 Å². The van der Waals surface area contributed by atoms with Crippen LogP contribution < -0.4 is 16.8 Å². The Morgan fingerprint density at radius 2 is 1.64 bits per heavy atom. The van der Waals surface area contributed by atoms with Gasteiger partial charge in [-0.15, -0.1) is 0 Å². The maximum Gasteiger partial charge on any atom is 0.358 e.